The van der Waals surface area contributed by atoms with Crippen LogP contribution in [-0.2, 0) is 19.0 Å². The van der Waals surface area contributed by atoms with E-state index >= 15 is 0 Å². The average molecular weight is 243 g/mol. The Balaban J connectivity index is 2.17. The fourth-order valence-electron chi connectivity index (χ4n) is 2.03. The van der Waals surface area contributed by atoms with Gasteiger partial charge in [0, 0.05) is 18.9 Å². The van der Waals surface area contributed by atoms with Crippen LogP contribution in [0.3, 0.4) is 0 Å². The molecule has 0 aliphatic rings. The number of hydrogen-bond acceptors (Lipinski definition) is 2. The molecule has 1 aromatic heterocycles. The number of para-hydroxylation sites is 1. The van der Waals surface area contributed by atoms with E-state index in [0.29, 0.717) is 0 Å². The summed E-state index contributed by atoms with van der Waals surface area (Å²) in [5, 5.41) is 3.50. The fraction of sp³-hybridized carbons (Fsp3) is 0.400. The maximum absolute atomic E-state index is 4.13. The van der Waals surface area contributed by atoms with Gasteiger partial charge in [-0.25, -0.2) is 4.98 Å². The molecule has 2 rings (SSSR count). The highest BCUT2D eigenvalue weighted by Gasteiger charge is 2.17. The van der Waals surface area contributed by atoms with Gasteiger partial charge in [-0.3, -0.25) is 0 Å². The zero-order valence-corrected chi connectivity index (χ0v) is 11.6. The van der Waals surface area contributed by atoms with Gasteiger partial charge in [-0.15, -0.1) is 0 Å². The Hall–Kier alpha value is -1.77. The molecule has 0 bridgehead atoms. The highest BCUT2D eigenvalue weighted by molar-refractivity contribution is 5.54. The number of rotatable bonds is 3. The van der Waals surface area contributed by atoms with Crippen molar-refractivity contribution in [2.75, 3.05) is 5.32 Å². The van der Waals surface area contributed by atoms with Crippen LogP contribution in [0.4, 0.5) is 5.69 Å². The molecule has 0 aliphatic heterocycles. The molecule has 0 saturated carbocycles. The van der Waals surface area contributed by atoms with Crippen LogP contribution in [0.15, 0.2) is 36.8 Å². The lowest BCUT2D eigenvalue weighted by molar-refractivity contribution is 0.591. The highest BCUT2D eigenvalue weighted by atomic mass is 15.0. The molecule has 0 fully saturated rings. The molecule has 3 nitrogen and oxygen atoms in total. The van der Waals surface area contributed by atoms with Crippen molar-refractivity contribution in [3.8, 4) is 0 Å². The summed E-state index contributed by atoms with van der Waals surface area (Å²) in [5.41, 5.74) is 3.87. The SMILES string of the molecule is Cn1cncc1CNc1ccccc1C(C)(C)C. The van der Waals surface area contributed by atoms with Crippen LogP contribution in [0.2, 0.25) is 0 Å². The molecule has 1 N–H and O–H groups in total. The molecular weight excluding hydrogens is 222 g/mol. The van der Waals surface area contributed by atoms with Gasteiger partial charge in [0.2, 0.25) is 0 Å². The Morgan fingerprint density at radius 2 is 1.94 bits per heavy atom. The van der Waals surface area contributed by atoms with Crippen molar-refractivity contribution in [1.29, 1.82) is 0 Å². The zero-order chi connectivity index (χ0) is 13.2. The molecule has 0 radical (unpaired) electrons. The maximum Gasteiger partial charge on any atom is 0.0946 e. The van der Waals surface area contributed by atoms with E-state index in [1.165, 1.54) is 16.9 Å². The van der Waals surface area contributed by atoms with Gasteiger partial charge < -0.3 is 9.88 Å². The molecule has 0 atom stereocenters. The minimum Gasteiger partial charge on any atom is -0.379 e. The van der Waals surface area contributed by atoms with Gasteiger partial charge in [0.15, 0.2) is 0 Å². The second kappa shape index (κ2) is 4.84. The van der Waals surface area contributed by atoms with E-state index in [1.54, 1.807) is 0 Å². The summed E-state index contributed by atoms with van der Waals surface area (Å²) in [6.45, 7) is 7.50. The Kier molecular flexibility index (Phi) is 3.41. The lowest BCUT2D eigenvalue weighted by atomic mass is 9.86. The average Bonchev–Trinajstić information content (AvgIpc) is 2.71. The summed E-state index contributed by atoms with van der Waals surface area (Å²) in [6, 6.07) is 8.49. The van der Waals surface area contributed by atoms with Gasteiger partial charge in [0.1, 0.15) is 0 Å². The second-order valence-corrected chi connectivity index (χ2v) is 5.65. The molecular formula is C15H21N3. The molecule has 2 aromatic rings. The summed E-state index contributed by atoms with van der Waals surface area (Å²) < 4.78 is 2.03. The van der Waals surface area contributed by atoms with Crippen LogP contribution in [0.25, 0.3) is 0 Å². The van der Waals surface area contributed by atoms with E-state index in [0.717, 1.165) is 6.54 Å². The van der Waals surface area contributed by atoms with Gasteiger partial charge in [0.05, 0.1) is 18.6 Å². The number of aromatic nitrogens is 2. The summed E-state index contributed by atoms with van der Waals surface area (Å²) >= 11 is 0. The van der Waals surface area contributed by atoms with E-state index in [2.05, 4.69) is 55.3 Å². The molecule has 96 valence electrons. The van der Waals surface area contributed by atoms with Crippen molar-refractivity contribution >= 4 is 5.69 Å². The summed E-state index contributed by atoms with van der Waals surface area (Å²) in [7, 11) is 2.01. The van der Waals surface area contributed by atoms with Crippen LogP contribution in [0, 0.1) is 0 Å². The lowest BCUT2D eigenvalue weighted by Crippen LogP contribution is -2.15. The predicted molar refractivity (Wildman–Crippen MR) is 75.7 cm³/mol. The second-order valence-electron chi connectivity index (χ2n) is 5.65. The third kappa shape index (κ3) is 2.73. The maximum atomic E-state index is 4.13. The largest absolute Gasteiger partial charge is 0.379 e. The van der Waals surface area contributed by atoms with Crippen LogP contribution < -0.4 is 5.32 Å². The van der Waals surface area contributed by atoms with Gasteiger partial charge in [-0.1, -0.05) is 39.0 Å². The zero-order valence-electron chi connectivity index (χ0n) is 11.6. The molecule has 3 heteroatoms. The first-order valence-electron chi connectivity index (χ1n) is 6.27. The molecule has 1 heterocycles. The van der Waals surface area contributed by atoms with Crippen LogP contribution in [-0.4, -0.2) is 9.55 Å². The number of aryl methyl sites for hydroxylation is 1. The first-order chi connectivity index (χ1) is 8.48. The molecule has 0 aliphatic carbocycles. The normalized spacial score (nSPS) is 11.6. The molecule has 0 spiro atoms. The standard InChI is InChI=1S/C15H21N3/c1-15(2,3)13-7-5-6-8-14(13)17-10-12-9-16-11-18(12)4/h5-9,11,17H,10H2,1-4H3. The van der Waals surface area contributed by atoms with Crippen LogP contribution in [0.5, 0.6) is 0 Å². The Labute approximate surface area is 109 Å². The van der Waals surface area contributed by atoms with Crippen molar-refractivity contribution in [3.05, 3.63) is 48.0 Å². The fourth-order valence-corrected chi connectivity index (χ4v) is 2.03. The van der Waals surface area contributed by atoms with Gasteiger partial charge in [0.25, 0.3) is 0 Å². The number of imidazole rings is 1. The predicted octanol–water partition coefficient (Wildman–Crippen LogP) is 3.33. The number of anilines is 1. The number of benzene rings is 1. The van der Waals surface area contributed by atoms with Crippen LogP contribution >= 0.6 is 0 Å². The number of hydrogen-bond donors (Lipinski definition) is 1. The van der Waals surface area contributed by atoms with E-state index in [9.17, 15) is 0 Å². The first-order valence-corrected chi connectivity index (χ1v) is 6.27. The topological polar surface area (TPSA) is 29.9 Å². The molecule has 0 saturated heterocycles. The smallest absolute Gasteiger partial charge is 0.0946 e. The first kappa shape index (κ1) is 12.7. The highest BCUT2D eigenvalue weighted by Crippen LogP contribution is 2.29. The van der Waals surface area contributed by atoms with E-state index in [-0.39, 0.29) is 5.41 Å². The van der Waals surface area contributed by atoms with Crippen molar-refractivity contribution < 1.29 is 0 Å². The summed E-state index contributed by atoms with van der Waals surface area (Å²) in [5.74, 6) is 0. The third-order valence-corrected chi connectivity index (χ3v) is 3.11. The number of nitrogens with zero attached hydrogens (tertiary/aromatic N) is 2. The molecule has 0 amide bonds. The molecule has 0 unspecified atom stereocenters. The monoisotopic (exact) mass is 243 g/mol. The minimum atomic E-state index is 0.149. The van der Waals surface area contributed by atoms with Crippen LogP contribution in [0.1, 0.15) is 32.0 Å². The van der Waals surface area contributed by atoms with Gasteiger partial charge in [-0.05, 0) is 17.0 Å². The van der Waals surface area contributed by atoms with Gasteiger partial charge in [-0.2, -0.15) is 0 Å². The summed E-state index contributed by atoms with van der Waals surface area (Å²) in [6.07, 6.45) is 3.72. The van der Waals surface area contributed by atoms with Crippen molar-refractivity contribution in [3.63, 3.8) is 0 Å². The number of nitrogens with one attached hydrogen (secondary N) is 1. The van der Waals surface area contributed by atoms with Gasteiger partial charge >= 0.3 is 0 Å². The van der Waals surface area contributed by atoms with E-state index in [4.69, 9.17) is 0 Å². The quantitative estimate of drug-likeness (QED) is 0.896. The Bertz CT molecular complexity index is 521. The van der Waals surface area contributed by atoms with E-state index < -0.39 is 0 Å². The lowest BCUT2D eigenvalue weighted by Gasteiger charge is -2.23. The summed E-state index contributed by atoms with van der Waals surface area (Å²) in [4.78, 5) is 4.13. The van der Waals surface area contributed by atoms with E-state index in [1.807, 2.05) is 24.1 Å². The molecule has 18 heavy (non-hydrogen) atoms. The van der Waals surface area contributed by atoms with Crippen molar-refractivity contribution in [1.82, 2.24) is 9.55 Å². The Morgan fingerprint density at radius 3 is 2.56 bits per heavy atom. The van der Waals surface area contributed by atoms with Crippen molar-refractivity contribution in [2.45, 2.75) is 32.7 Å². The third-order valence-electron chi connectivity index (χ3n) is 3.11. The van der Waals surface area contributed by atoms with Crippen molar-refractivity contribution in [2.24, 2.45) is 7.05 Å². The molecule has 1 aromatic carbocycles. The minimum absolute atomic E-state index is 0.149. The Morgan fingerprint density at radius 1 is 1.22 bits per heavy atom.